The SMILES string of the molecule is CC/C=C\C/C=C\C/C=C\C/C=C\CCCCCCCCC(=O)OCC(COP(=O)(O)OCC(CO)OC(=O)CCCCCCCCCCC/C=C\C/C=C\CCCCC)OC(=O)CCCCCCCC/C=C\C/C=C\C/C=C\CCCCC. The Kier molecular flexibility index (Phi) is 62.1. The maximum Gasteiger partial charge on any atom is 0.472 e. The fourth-order valence-electron chi connectivity index (χ4n) is 9.03. The van der Waals surface area contributed by atoms with E-state index in [0.717, 1.165) is 148 Å². The molecule has 84 heavy (non-hydrogen) atoms. The highest BCUT2D eigenvalue weighted by atomic mass is 31.2. The summed E-state index contributed by atoms with van der Waals surface area (Å²) in [6.07, 6.45) is 80.2. The van der Waals surface area contributed by atoms with E-state index < -0.39 is 57.8 Å². The second-order valence-electron chi connectivity index (χ2n) is 22.2. The van der Waals surface area contributed by atoms with Gasteiger partial charge in [-0.1, -0.05) is 252 Å². The zero-order chi connectivity index (χ0) is 61.2. The van der Waals surface area contributed by atoms with Crippen LogP contribution in [0.3, 0.4) is 0 Å². The molecule has 0 aliphatic heterocycles. The lowest BCUT2D eigenvalue weighted by atomic mass is 10.1. The molecule has 0 aromatic heterocycles. The van der Waals surface area contributed by atoms with Gasteiger partial charge in [0.05, 0.1) is 19.8 Å². The Morgan fingerprint density at radius 3 is 0.952 bits per heavy atom. The molecule has 0 bridgehead atoms. The van der Waals surface area contributed by atoms with Crippen molar-refractivity contribution in [2.45, 2.75) is 303 Å². The van der Waals surface area contributed by atoms with Crippen LogP contribution in [-0.4, -0.2) is 66.5 Å². The van der Waals surface area contributed by atoms with Crippen molar-refractivity contribution in [3.05, 3.63) is 109 Å². The van der Waals surface area contributed by atoms with Gasteiger partial charge in [0.25, 0.3) is 0 Å². The Balaban J connectivity index is 4.74. The second kappa shape index (κ2) is 65.1. The Labute approximate surface area is 514 Å². The van der Waals surface area contributed by atoms with Crippen LogP contribution >= 0.6 is 7.82 Å². The van der Waals surface area contributed by atoms with E-state index in [9.17, 15) is 28.9 Å². The molecular formula is C72H123O11P. The zero-order valence-electron chi connectivity index (χ0n) is 53.6. The normalized spacial score (nSPS) is 13.9. The van der Waals surface area contributed by atoms with Gasteiger partial charge in [-0.25, -0.2) is 4.57 Å². The number of hydrogen-bond donors (Lipinski definition) is 2. The summed E-state index contributed by atoms with van der Waals surface area (Å²) in [5, 5.41) is 9.88. The van der Waals surface area contributed by atoms with Crippen LogP contribution in [0.25, 0.3) is 0 Å². The number of allylic oxidation sites excluding steroid dienone is 18. The standard InChI is InChI=1S/C72H123O11P/c1-4-7-10-13-16-19-22-25-28-31-34-37-40-43-46-49-52-55-58-61-70(74)79-65-69(83-72(76)63-60-57-54-51-48-45-42-39-36-33-30-27-24-21-18-15-12-9-6-3)67-81-84(77,78)80-66-68(64-73)82-71(75)62-59-56-53-50-47-44-41-38-35-32-29-26-23-20-17-14-11-8-5-2/h7,10,16-21,25-30,34,36-37,39,68-69,73H,4-6,8-9,11-15,22-24,31-33,35,38,40-67H2,1-3H3,(H,77,78)/b10-7-,19-16-,20-17-,21-18-,28-25-,29-26-,30-27-,37-34-,39-36-. The summed E-state index contributed by atoms with van der Waals surface area (Å²) in [5.41, 5.74) is 0. The van der Waals surface area contributed by atoms with Crippen LogP contribution in [0.1, 0.15) is 290 Å². The molecular weight excluding hydrogens is 1070 g/mol. The minimum Gasteiger partial charge on any atom is -0.462 e. The first-order chi connectivity index (χ1) is 41.2. The number of unbranched alkanes of at least 4 members (excludes halogenated alkanes) is 27. The Morgan fingerprint density at radius 2 is 0.619 bits per heavy atom. The van der Waals surface area contributed by atoms with Gasteiger partial charge in [0, 0.05) is 19.3 Å². The zero-order valence-corrected chi connectivity index (χ0v) is 54.5. The topological polar surface area (TPSA) is 155 Å². The van der Waals surface area contributed by atoms with Crippen LogP contribution in [0.2, 0.25) is 0 Å². The van der Waals surface area contributed by atoms with Crippen LogP contribution in [0, 0.1) is 0 Å². The Hall–Kier alpha value is -3.86. The first-order valence-corrected chi connectivity index (χ1v) is 35.3. The van der Waals surface area contributed by atoms with E-state index in [1.165, 1.54) is 83.5 Å². The first-order valence-electron chi connectivity index (χ1n) is 33.8. The van der Waals surface area contributed by atoms with Gasteiger partial charge in [0.1, 0.15) is 12.7 Å². The third-order valence-corrected chi connectivity index (χ3v) is 15.1. The second-order valence-corrected chi connectivity index (χ2v) is 23.7. The van der Waals surface area contributed by atoms with Gasteiger partial charge < -0.3 is 24.2 Å². The van der Waals surface area contributed by atoms with Gasteiger partial charge in [0.15, 0.2) is 6.10 Å². The average molecular weight is 1200 g/mol. The molecule has 0 aliphatic carbocycles. The highest BCUT2D eigenvalue weighted by molar-refractivity contribution is 7.47. The number of esters is 3. The molecule has 0 radical (unpaired) electrons. The number of rotatable bonds is 62. The molecule has 3 unspecified atom stereocenters. The molecule has 3 atom stereocenters. The van der Waals surface area contributed by atoms with Crippen molar-refractivity contribution in [3.8, 4) is 0 Å². The van der Waals surface area contributed by atoms with E-state index in [2.05, 4.69) is 130 Å². The van der Waals surface area contributed by atoms with E-state index in [-0.39, 0.29) is 25.9 Å². The van der Waals surface area contributed by atoms with Crippen LogP contribution in [0.15, 0.2) is 109 Å². The van der Waals surface area contributed by atoms with Crippen LogP contribution in [-0.2, 0) is 42.2 Å². The molecule has 0 amide bonds. The predicted molar refractivity (Wildman–Crippen MR) is 353 cm³/mol. The van der Waals surface area contributed by atoms with Gasteiger partial charge in [-0.3, -0.25) is 23.4 Å². The lowest BCUT2D eigenvalue weighted by molar-refractivity contribution is -0.161. The molecule has 0 aliphatic rings. The third kappa shape index (κ3) is 62.7. The minimum atomic E-state index is -4.77. The summed E-state index contributed by atoms with van der Waals surface area (Å²) in [6.45, 7) is 4.48. The Bertz CT molecular complexity index is 1830. The van der Waals surface area contributed by atoms with Gasteiger partial charge in [0.2, 0.25) is 0 Å². The molecule has 11 nitrogen and oxygen atoms in total. The quantitative estimate of drug-likeness (QED) is 0.0197. The number of carbonyl (C=O) groups excluding carboxylic acids is 3. The molecule has 482 valence electrons. The van der Waals surface area contributed by atoms with Crippen LogP contribution in [0.4, 0.5) is 0 Å². The van der Waals surface area contributed by atoms with Crippen molar-refractivity contribution < 1.29 is 52.2 Å². The van der Waals surface area contributed by atoms with Gasteiger partial charge in [-0.05, 0) is 128 Å². The fraction of sp³-hybridized carbons (Fsp3) is 0.708. The lowest BCUT2D eigenvalue weighted by Crippen LogP contribution is -2.30. The number of aliphatic hydroxyl groups is 1. The number of ether oxygens (including phenoxy) is 3. The fourth-order valence-corrected chi connectivity index (χ4v) is 9.82. The smallest absolute Gasteiger partial charge is 0.462 e. The van der Waals surface area contributed by atoms with Crippen molar-refractivity contribution in [2.75, 3.05) is 26.4 Å². The van der Waals surface area contributed by atoms with Gasteiger partial charge >= 0.3 is 25.7 Å². The third-order valence-electron chi connectivity index (χ3n) is 14.1. The van der Waals surface area contributed by atoms with Crippen LogP contribution in [0.5, 0.6) is 0 Å². The highest BCUT2D eigenvalue weighted by Gasteiger charge is 2.28. The van der Waals surface area contributed by atoms with Gasteiger partial charge in [-0.2, -0.15) is 0 Å². The molecule has 0 saturated heterocycles. The van der Waals surface area contributed by atoms with Crippen molar-refractivity contribution in [3.63, 3.8) is 0 Å². The highest BCUT2D eigenvalue weighted by Crippen LogP contribution is 2.43. The van der Waals surface area contributed by atoms with Crippen molar-refractivity contribution >= 4 is 25.7 Å². The largest absolute Gasteiger partial charge is 0.472 e. The lowest BCUT2D eigenvalue weighted by Gasteiger charge is -2.21. The number of aliphatic hydroxyl groups excluding tert-OH is 1. The number of phosphoric acid groups is 1. The van der Waals surface area contributed by atoms with Crippen molar-refractivity contribution in [1.82, 2.24) is 0 Å². The summed E-state index contributed by atoms with van der Waals surface area (Å²) >= 11 is 0. The molecule has 0 spiro atoms. The molecule has 0 fully saturated rings. The molecule has 0 aromatic rings. The average Bonchev–Trinajstić information content (AvgIpc) is 3.55. The number of carbonyl (C=O) groups is 3. The molecule has 0 rings (SSSR count). The predicted octanol–water partition coefficient (Wildman–Crippen LogP) is 20.9. The summed E-state index contributed by atoms with van der Waals surface area (Å²) < 4.78 is 39.8. The number of phosphoric ester groups is 1. The van der Waals surface area contributed by atoms with Crippen molar-refractivity contribution in [2.24, 2.45) is 0 Å². The molecule has 0 heterocycles. The van der Waals surface area contributed by atoms with Gasteiger partial charge in [-0.15, -0.1) is 0 Å². The molecule has 12 heteroatoms. The number of hydrogen-bond acceptors (Lipinski definition) is 10. The molecule has 2 N–H and O–H groups in total. The van der Waals surface area contributed by atoms with E-state index in [1.54, 1.807) is 0 Å². The Morgan fingerprint density at radius 1 is 0.345 bits per heavy atom. The van der Waals surface area contributed by atoms with E-state index >= 15 is 0 Å². The summed E-state index contributed by atoms with van der Waals surface area (Å²) in [5.74, 6) is -1.50. The minimum absolute atomic E-state index is 0.145. The molecule has 0 saturated carbocycles. The summed E-state index contributed by atoms with van der Waals surface area (Å²) in [6, 6.07) is 0. The van der Waals surface area contributed by atoms with Crippen molar-refractivity contribution in [1.29, 1.82) is 0 Å². The van der Waals surface area contributed by atoms with E-state index in [0.29, 0.717) is 19.3 Å². The molecule has 0 aromatic carbocycles. The maximum absolute atomic E-state index is 13.0. The summed E-state index contributed by atoms with van der Waals surface area (Å²) in [7, 11) is -4.77. The van der Waals surface area contributed by atoms with E-state index in [4.69, 9.17) is 23.3 Å². The monoisotopic (exact) mass is 1190 g/mol. The summed E-state index contributed by atoms with van der Waals surface area (Å²) in [4.78, 5) is 48.9. The first kappa shape index (κ1) is 80.1. The maximum atomic E-state index is 13.0. The van der Waals surface area contributed by atoms with E-state index in [1.807, 2.05) is 0 Å². The van der Waals surface area contributed by atoms with Crippen LogP contribution < -0.4 is 0 Å².